The molecule has 79 valence electrons. The molecule has 17 heavy (non-hydrogen) atoms. The van der Waals surface area contributed by atoms with E-state index >= 15 is 0 Å². The minimum atomic E-state index is 1.16. The highest BCUT2D eigenvalue weighted by Gasteiger charge is 2.06. The fourth-order valence-corrected chi connectivity index (χ4v) is 2.50. The lowest BCUT2D eigenvalue weighted by Crippen LogP contribution is -1.74. The van der Waals surface area contributed by atoms with E-state index in [2.05, 4.69) is 59.6 Å². The Bertz CT molecular complexity index is 840. The maximum atomic E-state index is 3.50. The van der Waals surface area contributed by atoms with Gasteiger partial charge in [-0.1, -0.05) is 42.5 Å². The molecule has 0 saturated heterocycles. The molecule has 0 amide bonds. The van der Waals surface area contributed by atoms with Crippen LogP contribution in [0.1, 0.15) is 0 Å². The molecule has 1 radical (unpaired) electrons. The first-order valence-electron chi connectivity index (χ1n) is 5.73. The van der Waals surface area contributed by atoms with Gasteiger partial charge in [-0.25, -0.2) is 0 Å². The Morgan fingerprint density at radius 1 is 0.765 bits per heavy atom. The molecule has 1 heteroatoms. The molecular formula is C16H10N. The quantitative estimate of drug-likeness (QED) is 0.451. The number of hydrogen-bond donors (Lipinski definition) is 1. The van der Waals surface area contributed by atoms with Crippen LogP contribution in [0.5, 0.6) is 0 Å². The first-order chi connectivity index (χ1) is 8.43. The molecule has 0 aliphatic rings. The summed E-state index contributed by atoms with van der Waals surface area (Å²) >= 11 is 0. The molecule has 1 aromatic heterocycles. The predicted molar refractivity (Wildman–Crippen MR) is 72.1 cm³/mol. The fourth-order valence-electron chi connectivity index (χ4n) is 2.50. The van der Waals surface area contributed by atoms with Gasteiger partial charge >= 0.3 is 0 Å². The first-order valence-corrected chi connectivity index (χ1v) is 5.73. The Balaban J connectivity index is 2.34. The molecule has 0 atom stereocenters. The summed E-state index contributed by atoms with van der Waals surface area (Å²) in [5.41, 5.74) is 2.40. The van der Waals surface area contributed by atoms with Gasteiger partial charge in [0.2, 0.25) is 0 Å². The van der Waals surface area contributed by atoms with Crippen LogP contribution in [-0.2, 0) is 0 Å². The predicted octanol–water partition coefficient (Wildman–Crippen LogP) is 4.27. The lowest BCUT2D eigenvalue weighted by Gasteiger charge is -1.98. The van der Waals surface area contributed by atoms with E-state index < -0.39 is 0 Å². The van der Waals surface area contributed by atoms with Gasteiger partial charge in [0.15, 0.2) is 0 Å². The number of hydrogen-bond acceptors (Lipinski definition) is 0. The highest BCUT2D eigenvalue weighted by molar-refractivity contribution is 6.16. The molecule has 1 heterocycles. The summed E-state index contributed by atoms with van der Waals surface area (Å²) in [6.45, 7) is 0. The van der Waals surface area contributed by atoms with Crippen LogP contribution in [0.2, 0.25) is 0 Å². The first kappa shape index (κ1) is 8.82. The highest BCUT2D eigenvalue weighted by atomic mass is 14.7. The molecular weight excluding hydrogens is 206 g/mol. The van der Waals surface area contributed by atoms with Crippen molar-refractivity contribution >= 4 is 32.6 Å². The van der Waals surface area contributed by atoms with E-state index in [1.54, 1.807) is 0 Å². The second kappa shape index (κ2) is 3.11. The van der Waals surface area contributed by atoms with Crippen molar-refractivity contribution in [1.82, 2.24) is 4.98 Å². The van der Waals surface area contributed by atoms with Crippen molar-refractivity contribution < 1.29 is 0 Å². The highest BCUT2D eigenvalue weighted by Crippen LogP contribution is 2.30. The Morgan fingerprint density at radius 3 is 2.47 bits per heavy atom. The molecule has 1 nitrogen and oxygen atoms in total. The second-order valence-electron chi connectivity index (χ2n) is 4.29. The monoisotopic (exact) mass is 216 g/mol. The molecule has 4 aromatic rings. The van der Waals surface area contributed by atoms with Crippen LogP contribution < -0.4 is 0 Å². The third-order valence-corrected chi connectivity index (χ3v) is 3.31. The van der Waals surface area contributed by atoms with Gasteiger partial charge in [0, 0.05) is 21.7 Å². The zero-order valence-corrected chi connectivity index (χ0v) is 9.20. The molecule has 0 aliphatic carbocycles. The van der Waals surface area contributed by atoms with Crippen molar-refractivity contribution in [2.75, 3.05) is 0 Å². The number of benzene rings is 3. The van der Waals surface area contributed by atoms with Crippen molar-refractivity contribution in [3.05, 3.63) is 60.7 Å². The number of fused-ring (bicyclic) bond motifs is 5. The lowest BCUT2D eigenvalue weighted by molar-refractivity contribution is 1.56. The van der Waals surface area contributed by atoms with Gasteiger partial charge in [-0.15, -0.1) is 0 Å². The van der Waals surface area contributed by atoms with Gasteiger partial charge < -0.3 is 4.98 Å². The summed E-state index contributed by atoms with van der Waals surface area (Å²) in [5, 5.41) is 4.91. The molecule has 3 aromatic carbocycles. The Hall–Kier alpha value is -2.28. The van der Waals surface area contributed by atoms with Gasteiger partial charge in [0.1, 0.15) is 0 Å². The van der Waals surface area contributed by atoms with Crippen LogP contribution >= 0.6 is 0 Å². The average Bonchev–Trinajstić information content (AvgIpc) is 2.78. The lowest BCUT2D eigenvalue weighted by atomic mass is 10.1. The van der Waals surface area contributed by atoms with E-state index in [1.807, 2.05) is 6.07 Å². The Morgan fingerprint density at radius 2 is 1.53 bits per heavy atom. The molecule has 0 spiro atoms. The Labute approximate surface area is 98.7 Å². The number of H-pyrrole nitrogens is 1. The van der Waals surface area contributed by atoms with Crippen LogP contribution in [0, 0.1) is 6.07 Å². The van der Waals surface area contributed by atoms with Crippen molar-refractivity contribution in [3.63, 3.8) is 0 Å². The minimum absolute atomic E-state index is 1.16. The van der Waals surface area contributed by atoms with Crippen molar-refractivity contribution in [3.8, 4) is 0 Å². The van der Waals surface area contributed by atoms with Gasteiger partial charge in [-0.2, -0.15) is 0 Å². The van der Waals surface area contributed by atoms with Crippen LogP contribution in [0.3, 0.4) is 0 Å². The van der Waals surface area contributed by atoms with Gasteiger partial charge in [0.05, 0.1) is 5.52 Å². The van der Waals surface area contributed by atoms with Gasteiger partial charge in [-0.3, -0.25) is 0 Å². The number of rotatable bonds is 0. The Kier molecular flexibility index (Phi) is 1.61. The molecule has 0 aliphatic heterocycles. The van der Waals surface area contributed by atoms with E-state index in [0.717, 1.165) is 5.39 Å². The summed E-state index contributed by atoms with van der Waals surface area (Å²) < 4.78 is 0. The third kappa shape index (κ3) is 1.14. The molecule has 4 rings (SSSR count). The molecule has 0 saturated carbocycles. The molecule has 0 unspecified atom stereocenters. The summed E-state index contributed by atoms with van der Waals surface area (Å²) in [4.78, 5) is 3.50. The molecule has 0 bridgehead atoms. The van der Waals surface area contributed by atoms with Gasteiger partial charge in [-0.05, 0) is 23.6 Å². The summed E-state index contributed by atoms with van der Waals surface area (Å²) in [6.07, 6.45) is 0. The number of aromatic nitrogens is 1. The summed E-state index contributed by atoms with van der Waals surface area (Å²) in [7, 11) is 0. The number of aromatic amines is 1. The van der Waals surface area contributed by atoms with Gasteiger partial charge in [0.25, 0.3) is 0 Å². The minimum Gasteiger partial charge on any atom is -0.354 e. The van der Waals surface area contributed by atoms with E-state index in [0.29, 0.717) is 0 Å². The third-order valence-electron chi connectivity index (χ3n) is 3.31. The maximum absolute atomic E-state index is 3.50. The van der Waals surface area contributed by atoms with E-state index in [-0.39, 0.29) is 0 Å². The van der Waals surface area contributed by atoms with Crippen molar-refractivity contribution in [1.29, 1.82) is 0 Å². The van der Waals surface area contributed by atoms with E-state index in [4.69, 9.17) is 0 Å². The zero-order valence-electron chi connectivity index (χ0n) is 9.20. The second-order valence-corrected chi connectivity index (χ2v) is 4.29. The number of para-hydroxylation sites is 1. The smallest absolute Gasteiger partial charge is 0.0544 e. The van der Waals surface area contributed by atoms with Crippen molar-refractivity contribution in [2.24, 2.45) is 0 Å². The van der Waals surface area contributed by atoms with E-state index in [9.17, 15) is 0 Å². The molecule has 1 N–H and O–H groups in total. The van der Waals surface area contributed by atoms with Crippen LogP contribution in [0.4, 0.5) is 0 Å². The van der Waals surface area contributed by atoms with Crippen molar-refractivity contribution in [2.45, 2.75) is 0 Å². The normalized spacial score (nSPS) is 11.5. The SMILES string of the molecule is [c]1cc2c3ccccc3[nH]c2c2ccccc12. The largest absolute Gasteiger partial charge is 0.354 e. The topological polar surface area (TPSA) is 15.8 Å². The van der Waals surface area contributed by atoms with E-state index in [1.165, 1.54) is 27.2 Å². The molecule has 0 fully saturated rings. The zero-order chi connectivity index (χ0) is 11.2. The van der Waals surface area contributed by atoms with Crippen LogP contribution in [0.25, 0.3) is 32.6 Å². The maximum Gasteiger partial charge on any atom is 0.0544 e. The average molecular weight is 216 g/mol. The number of nitrogens with one attached hydrogen (secondary N) is 1. The standard InChI is InChI=1S/C16H10N/c1-2-6-12-11(5-1)9-10-14-13-7-3-4-8-15(13)17-16(12)14/h1-8,10,17H. The fraction of sp³-hybridized carbons (Fsp3) is 0. The summed E-state index contributed by atoms with van der Waals surface area (Å²) in [5.74, 6) is 0. The summed E-state index contributed by atoms with van der Waals surface area (Å²) in [6, 6.07) is 22.2. The van der Waals surface area contributed by atoms with Crippen LogP contribution in [0.15, 0.2) is 54.6 Å². The van der Waals surface area contributed by atoms with Crippen LogP contribution in [-0.4, -0.2) is 4.98 Å².